The summed E-state index contributed by atoms with van der Waals surface area (Å²) < 4.78 is 16.5. The topological polar surface area (TPSA) is 46.9 Å². The van der Waals surface area contributed by atoms with Gasteiger partial charge in [0.15, 0.2) is 0 Å². The van der Waals surface area contributed by atoms with Crippen LogP contribution in [0.5, 0.6) is 0 Å². The fourth-order valence-corrected chi connectivity index (χ4v) is 3.57. The largest absolute Gasteiger partial charge is 0.352 e. The number of fused-ring (bicyclic) bond motifs is 1. The summed E-state index contributed by atoms with van der Waals surface area (Å²) in [6.45, 7) is 4.39. The van der Waals surface area contributed by atoms with Crippen LogP contribution < -0.4 is 5.32 Å². The molecule has 1 heterocycles. The van der Waals surface area contributed by atoms with Crippen molar-refractivity contribution < 1.29 is 9.18 Å². The molecule has 0 saturated heterocycles. The average molecular weight is 401 g/mol. The maximum absolute atomic E-state index is 14.6. The van der Waals surface area contributed by atoms with Crippen molar-refractivity contribution in [3.8, 4) is 16.8 Å². The van der Waals surface area contributed by atoms with Gasteiger partial charge >= 0.3 is 0 Å². The summed E-state index contributed by atoms with van der Waals surface area (Å²) in [6.07, 6.45) is 3.69. The highest BCUT2D eigenvalue weighted by Crippen LogP contribution is 2.30. The lowest BCUT2D eigenvalue weighted by Gasteiger charge is -2.12. The number of hydrogen-bond acceptors (Lipinski definition) is 2. The molecule has 4 rings (SSSR count). The molecule has 0 spiro atoms. The first kappa shape index (κ1) is 19.8. The molecule has 0 aliphatic rings. The van der Waals surface area contributed by atoms with Crippen LogP contribution in [0.1, 0.15) is 35.7 Å². The number of benzene rings is 3. The van der Waals surface area contributed by atoms with E-state index >= 15 is 0 Å². The minimum absolute atomic E-state index is 0.249. The SMILES string of the molecule is CCCCNC(=O)c1cc(F)c(C)c(-c2ccc3c(cnn3-c3ccccc3)c2)c1. The van der Waals surface area contributed by atoms with Gasteiger partial charge in [0, 0.05) is 17.5 Å². The van der Waals surface area contributed by atoms with Gasteiger partial charge in [-0.05, 0) is 66.4 Å². The molecule has 30 heavy (non-hydrogen) atoms. The highest BCUT2D eigenvalue weighted by molar-refractivity contribution is 5.96. The van der Waals surface area contributed by atoms with Gasteiger partial charge < -0.3 is 5.32 Å². The van der Waals surface area contributed by atoms with Crippen LogP contribution >= 0.6 is 0 Å². The summed E-state index contributed by atoms with van der Waals surface area (Å²) in [7, 11) is 0. The van der Waals surface area contributed by atoms with Crippen LogP contribution in [0.15, 0.2) is 66.9 Å². The fraction of sp³-hybridized carbons (Fsp3) is 0.200. The molecule has 1 N–H and O–H groups in total. The third-order valence-electron chi connectivity index (χ3n) is 5.30. The van der Waals surface area contributed by atoms with Crippen molar-refractivity contribution in [2.24, 2.45) is 0 Å². The zero-order valence-corrected chi connectivity index (χ0v) is 17.2. The van der Waals surface area contributed by atoms with E-state index in [1.54, 1.807) is 19.2 Å². The third-order valence-corrected chi connectivity index (χ3v) is 5.30. The number of nitrogens with zero attached hydrogens (tertiary/aromatic N) is 2. The minimum atomic E-state index is -0.381. The summed E-state index contributed by atoms with van der Waals surface area (Å²) in [5.41, 5.74) is 4.38. The Hall–Kier alpha value is -3.47. The predicted molar refractivity (Wildman–Crippen MR) is 118 cm³/mol. The summed E-state index contributed by atoms with van der Waals surface area (Å²) in [4.78, 5) is 12.4. The molecule has 0 atom stereocenters. The number of amides is 1. The van der Waals surface area contributed by atoms with Gasteiger partial charge in [0.05, 0.1) is 17.4 Å². The summed E-state index contributed by atoms with van der Waals surface area (Å²) in [6, 6.07) is 18.9. The molecule has 5 heteroatoms. The van der Waals surface area contributed by atoms with Crippen molar-refractivity contribution in [2.75, 3.05) is 6.54 Å². The molecule has 152 valence electrons. The first-order valence-corrected chi connectivity index (χ1v) is 10.2. The van der Waals surface area contributed by atoms with Crippen LogP contribution in [-0.4, -0.2) is 22.2 Å². The molecule has 0 radical (unpaired) electrons. The Morgan fingerprint density at radius 1 is 1.10 bits per heavy atom. The van der Waals surface area contributed by atoms with Gasteiger partial charge in [0.1, 0.15) is 5.82 Å². The van der Waals surface area contributed by atoms with Crippen LogP contribution in [0.2, 0.25) is 0 Å². The van der Waals surface area contributed by atoms with Crippen molar-refractivity contribution in [3.63, 3.8) is 0 Å². The average Bonchev–Trinajstić information content (AvgIpc) is 3.19. The Kier molecular flexibility index (Phi) is 5.61. The van der Waals surface area contributed by atoms with E-state index in [4.69, 9.17) is 0 Å². The zero-order chi connectivity index (χ0) is 21.1. The Bertz CT molecular complexity index is 1200. The molecule has 0 aliphatic carbocycles. The normalized spacial score (nSPS) is 11.0. The molecule has 4 nitrogen and oxygen atoms in total. The Morgan fingerprint density at radius 3 is 2.67 bits per heavy atom. The van der Waals surface area contributed by atoms with E-state index in [2.05, 4.69) is 17.3 Å². The molecule has 1 aromatic heterocycles. The second kappa shape index (κ2) is 8.49. The molecule has 0 saturated carbocycles. The minimum Gasteiger partial charge on any atom is -0.352 e. The number of para-hydroxylation sites is 1. The Labute approximate surface area is 175 Å². The molecule has 3 aromatic carbocycles. The summed E-state index contributed by atoms with van der Waals surface area (Å²) in [5.74, 6) is -0.630. The van der Waals surface area contributed by atoms with Crippen LogP contribution in [0.3, 0.4) is 0 Å². The number of aromatic nitrogens is 2. The van der Waals surface area contributed by atoms with Gasteiger partial charge in [-0.1, -0.05) is 37.6 Å². The number of unbranched alkanes of at least 4 members (excludes halogenated alkanes) is 1. The number of nitrogens with one attached hydrogen (secondary N) is 1. The zero-order valence-electron chi connectivity index (χ0n) is 17.2. The summed E-state index contributed by atoms with van der Waals surface area (Å²) >= 11 is 0. The van der Waals surface area contributed by atoms with E-state index in [1.807, 2.05) is 53.2 Å². The lowest BCUT2D eigenvalue weighted by atomic mass is 9.96. The van der Waals surface area contributed by atoms with Gasteiger partial charge in [0.2, 0.25) is 0 Å². The van der Waals surface area contributed by atoms with Gasteiger partial charge in [-0.3, -0.25) is 4.79 Å². The van der Waals surface area contributed by atoms with Gasteiger partial charge in [-0.2, -0.15) is 5.10 Å². The Balaban J connectivity index is 1.72. The number of carbonyl (C=O) groups is 1. The van der Waals surface area contributed by atoms with Crippen molar-refractivity contribution in [2.45, 2.75) is 26.7 Å². The van der Waals surface area contributed by atoms with Crippen molar-refractivity contribution >= 4 is 16.8 Å². The maximum Gasteiger partial charge on any atom is 0.251 e. The highest BCUT2D eigenvalue weighted by Gasteiger charge is 2.15. The number of halogens is 1. The number of rotatable bonds is 6. The Morgan fingerprint density at radius 2 is 1.90 bits per heavy atom. The molecule has 1 amide bonds. The fourth-order valence-electron chi connectivity index (χ4n) is 3.57. The molecule has 0 unspecified atom stereocenters. The van der Waals surface area contributed by atoms with Gasteiger partial charge in [0.25, 0.3) is 5.91 Å². The van der Waals surface area contributed by atoms with E-state index in [1.165, 1.54) is 6.07 Å². The molecule has 0 aliphatic heterocycles. The van der Waals surface area contributed by atoms with Crippen LogP contribution in [0, 0.1) is 12.7 Å². The molecule has 0 bridgehead atoms. The first-order valence-electron chi connectivity index (χ1n) is 10.2. The van der Waals surface area contributed by atoms with Crippen molar-refractivity contribution in [3.05, 3.63) is 83.8 Å². The van der Waals surface area contributed by atoms with Crippen molar-refractivity contribution in [1.29, 1.82) is 0 Å². The highest BCUT2D eigenvalue weighted by atomic mass is 19.1. The van der Waals surface area contributed by atoms with Crippen LogP contribution in [0.25, 0.3) is 27.7 Å². The van der Waals surface area contributed by atoms with Crippen LogP contribution in [0.4, 0.5) is 4.39 Å². The smallest absolute Gasteiger partial charge is 0.251 e. The lowest BCUT2D eigenvalue weighted by Crippen LogP contribution is -2.24. The quantitative estimate of drug-likeness (QED) is 0.423. The monoisotopic (exact) mass is 401 g/mol. The number of hydrogen-bond donors (Lipinski definition) is 1. The van der Waals surface area contributed by atoms with Gasteiger partial charge in [-0.25, -0.2) is 9.07 Å². The van der Waals surface area contributed by atoms with Crippen LogP contribution in [-0.2, 0) is 0 Å². The van der Waals surface area contributed by atoms with E-state index in [0.717, 1.165) is 35.0 Å². The molecular formula is C25H24FN3O. The second-order valence-corrected chi connectivity index (χ2v) is 7.41. The second-order valence-electron chi connectivity index (χ2n) is 7.41. The maximum atomic E-state index is 14.6. The van der Waals surface area contributed by atoms with Crippen molar-refractivity contribution in [1.82, 2.24) is 15.1 Å². The standard InChI is InChI=1S/C25H24FN3O/c1-3-4-12-27-25(30)19-14-22(17(2)23(26)15-19)18-10-11-24-20(13-18)16-28-29(24)21-8-6-5-7-9-21/h5-11,13-16H,3-4,12H2,1-2H3,(H,27,30). The first-order chi connectivity index (χ1) is 14.6. The number of carbonyl (C=O) groups excluding carboxylic acids is 1. The van der Waals surface area contributed by atoms with E-state index in [0.29, 0.717) is 23.2 Å². The molecular weight excluding hydrogens is 377 g/mol. The third kappa shape index (κ3) is 3.83. The van der Waals surface area contributed by atoms with E-state index in [-0.39, 0.29) is 11.7 Å². The predicted octanol–water partition coefficient (Wildman–Crippen LogP) is 5.67. The van der Waals surface area contributed by atoms with E-state index in [9.17, 15) is 9.18 Å². The van der Waals surface area contributed by atoms with Gasteiger partial charge in [-0.15, -0.1) is 0 Å². The summed E-state index contributed by atoms with van der Waals surface area (Å²) in [5, 5.41) is 8.32. The lowest BCUT2D eigenvalue weighted by molar-refractivity contribution is 0.0952. The molecule has 4 aromatic rings. The molecule has 0 fully saturated rings. The van der Waals surface area contributed by atoms with E-state index < -0.39 is 0 Å².